The normalized spacial score (nSPS) is 12.6. The summed E-state index contributed by atoms with van der Waals surface area (Å²) in [5.74, 6) is -0.0880. The van der Waals surface area contributed by atoms with Crippen LogP contribution in [0.1, 0.15) is 24.2 Å². The summed E-state index contributed by atoms with van der Waals surface area (Å²) in [6.45, 7) is 4.08. The van der Waals surface area contributed by atoms with Crippen molar-refractivity contribution < 1.29 is 9.90 Å². The molecular weight excluding hydrogens is 240 g/mol. The highest BCUT2D eigenvalue weighted by Gasteiger charge is 2.13. The summed E-state index contributed by atoms with van der Waals surface area (Å²) >= 11 is 0. The summed E-state index contributed by atoms with van der Waals surface area (Å²) in [7, 11) is 0. The molecule has 1 unspecified atom stereocenters. The van der Waals surface area contributed by atoms with Gasteiger partial charge in [-0.3, -0.25) is 9.78 Å². The molecule has 0 fully saturated rings. The van der Waals surface area contributed by atoms with Crippen molar-refractivity contribution in [1.29, 1.82) is 0 Å². The smallest absolute Gasteiger partial charge is 0.253 e. The number of amides is 1. The molecule has 0 radical (unpaired) electrons. The number of carbonyl (C=O) groups excluding carboxylic acids is 1. The third-order valence-corrected chi connectivity index (χ3v) is 3.15. The minimum atomic E-state index is -0.535. The first-order valence-electron chi connectivity index (χ1n) is 6.38. The maximum Gasteiger partial charge on any atom is 0.253 e. The molecule has 1 amide bonds. The maximum atomic E-state index is 12.1. The van der Waals surface area contributed by atoms with Gasteiger partial charge in [0, 0.05) is 24.3 Å². The molecule has 1 atom stereocenters. The van der Waals surface area contributed by atoms with Gasteiger partial charge in [0.1, 0.15) is 0 Å². The minimum absolute atomic E-state index is 0.117. The number of pyridine rings is 1. The van der Waals surface area contributed by atoms with Crippen LogP contribution in [0.3, 0.4) is 0 Å². The standard InChI is InChI=1S/C15H18N2O2/c1-10(2)14(18)9-17-15(19)13-8-16-7-11-5-3-4-6-12(11)13/h3-8,10,14,18H,9H2,1-2H3,(H,17,19). The number of aromatic nitrogens is 1. The number of rotatable bonds is 4. The number of nitrogens with one attached hydrogen (secondary N) is 1. The van der Waals surface area contributed by atoms with Crippen molar-refractivity contribution in [2.24, 2.45) is 5.92 Å². The fourth-order valence-electron chi connectivity index (χ4n) is 1.83. The Labute approximate surface area is 112 Å². The van der Waals surface area contributed by atoms with Crippen molar-refractivity contribution in [3.63, 3.8) is 0 Å². The van der Waals surface area contributed by atoms with Crippen LogP contribution in [0, 0.1) is 5.92 Å². The highest BCUT2D eigenvalue weighted by atomic mass is 16.3. The van der Waals surface area contributed by atoms with Gasteiger partial charge < -0.3 is 10.4 Å². The molecule has 19 heavy (non-hydrogen) atoms. The molecule has 1 aromatic carbocycles. The van der Waals surface area contributed by atoms with Crippen molar-refractivity contribution in [2.45, 2.75) is 20.0 Å². The first-order valence-corrected chi connectivity index (χ1v) is 6.38. The average molecular weight is 258 g/mol. The van der Waals surface area contributed by atoms with Crippen molar-refractivity contribution >= 4 is 16.7 Å². The number of hydrogen-bond donors (Lipinski definition) is 2. The molecule has 0 saturated heterocycles. The topological polar surface area (TPSA) is 62.2 Å². The van der Waals surface area contributed by atoms with Crippen LogP contribution < -0.4 is 5.32 Å². The molecule has 0 bridgehead atoms. The van der Waals surface area contributed by atoms with Crippen LogP contribution in [0.2, 0.25) is 0 Å². The van der Waals surface area contributed by atoms with Crippen molar-refractivity contribution in [1.82, 2.24) is 10.3 Å². The Hall–Kier alpha value is -1.94. The van der Waals surface area contributed by atoms with Gasteiger partial charge in [-0.25, -0.2) is 0 Å². The van der Waals surface area contributed by atoms with Crippen molar-refractivity contribution in [2.75, 3.05) is 6.54 Å². The third-order valence-electron chi connectivity index (χ3n) is 3.15. The van der Waals surface area contributed by atoms with Crippen LogP contribution in [-0.2, 0) is 0 Å². The second-order valence-electron chi connectivity index (χ2n) is 4.93. The highest BCUT2D eigenvalue weighted by molar-refractivity contribution is 6.06. The van der Waals surface area contributed by atoms with Crippen LogP contribution in [-0.4, -0.2) is 28.6 Å². The highest BCUT2D eigenvalue weighted by Crippen LogP contribution is 2.16. The van der Waals surface area contributed by atoms with Crippen molar-refractivity contribution in [3.8, 4) is 0 Å². The Morgan fingerprint density at radius 2 is 2.05 bits per heavy atom. The van der Waals surface area contributed by atoms with Crippen LogP contribution in [0.4, 0.5) is 0 Å². The lowest BCUT2D eigenvalue weighted by molar-refractivity contribution is 0.0873. The average Bonchev–Trinajstić information content (AvgIpc) is 2.43. The lowest BCUT2D eigenvalue weighted by Gasteiger charge is -2.15. The van der Waals surface area contributed by atoms with Gasteiger partial charge in [0.05, 0.1) is 11.7 Å². The zero-order valence-corrected chi connectivity index (χ0v) is 11.1. The SMILES string of the molecule is CC(C)C(O)CNC(=O)c1cncc2ccccc12. The summed E-state index contributed by atoms with van der Waals surface area (Å²) in [5, 5.41) is 14.2. The predicted molar refractivity (Wildman–Crippen MR) is 74.9 cm³/mol. The summed E-state index contributed by atoms with van der Waals surface area (Å²) in [6.07, 6.45) is 2.75. The van der Waals surface area contributed by atoms with Gasteiger partial charge in [0.25, 0.3) is 5.91 Å². The number of aliphatic hydroxyl groups excluding tert-OH is 1. The molecule has 1 aromatic heterocycles. The number of carbonyl (C=O) groups is 1. The maximum absolute atomic E-state index is 12.1. The Morgan fingerprint density at radius 1 is 1.32 bits per heavy atom. The van der Waals surface area contributed by atoms with Crippen LogP contribution in [0.5, 0.6) is 0 Å². The van der Waals surface area contributed by atoms with Gasteiger partial charge in [-0.15, -0.1) is 0 Å². The molecule has 0 spiro atoms. The molecule has 4 nitrogen and oxygen atoms in total. The van der Waals surface area contributed by atoms with Gasteiger partial charge in [-0.05, 0) is 11.3 Å². The summed E-state index contributed by atoms with van der Waals surface area (Å²) in [4.78, 5) is 16.2. The minimum Gasteiger partial charge on any atom is -0.391 e. The largest absolute Gasteiger partial charge is 0.391 e. The number of fused-ring (bicyclic) bond motifs is 1. The van der Waals surface area contributed by atoms with E-state index in [4.69, 9.17) is 0 Å². The molecule has 4 heteroatoms. The summed E-state index contributed by atoms with van der Waals surface area (Å²) in [6, 6.07) is 7.61. The fraction of sp³-hybridized carbons (Fsp3) is 0.333. The van der Waals surface area contributed by atoms with Gasteiger partial charge in [-0.1, -0.05) is 38.1 Å². The van der Waals surface area contributed by atoms with E-state index in [1.165, 1.54) is 0 Å². The van der Waals surface area contributed by atoms with Gasteiger partial charge >= 0.3 is 0 Å². The van der Waals surface area contributed by atoms with E-state index in [0.29, 0.717) is 5.56 Å². The number of aliphatic hydroxyl groups is 1. The van der Waals surface area contributed by atoms with Crippen LogP contribution >= 0.6 is 0 Å². The van der Waals surface area contributed by atoms with E-state index in [2.05, 4.69) is 10.3 Å². The monoisotopic (exact) mass is 258 g/mol. The zero-order chi connectivity index (χ0) is 13.8. The van der Waals surface area contributed by atoms with E-state index in [1.54, 1.807) is 12.4 Å². The van der Waals surface area contributed by atoms with Crippen molar-refractivity contribution in [3.05, 3.63) is 42.2 Å². The van der Waals surface area contributed by atoms with E-state index < -0.39 is 6.10 Å². The van der Waals surface area contributed by atoms with E-state index in [-0.39, 0.29) is 18.4 Å². The molecule has 0 aliphatic heterocycles. The summed E-state index contributed by atoms with van der Waals surface area (Å²) < 4.78 is 0. The number of benzene rings is 1. The van der Waals surface area contributed by atoms with Gasteiger partial charge in [0.15, 0.2) is 0 Å². The molecule has 0 saturated carbocycles. The van der Waals surface area contributed by atoms with Crippen LogP contribution in [0.15, 0.2) is 36.7 Å². The molecule has 1 heterocycles. The molecule has 2 aromatic rings. The van der Waals surface area contributed by atoms with E-state index in [1.807, 2.05) is 38.1 Å². The Balaban J connectivity index is 2.18. The molecule has 0 aliphatic carbocycles. The van der Waals surface area contributed by atoms with E-state index in [9.17, 15) is 9.90 Å². The third kappa shape index (κ3) is 3.09. The first-order chi connectivity index (χ1) is 9.09. The van der Waals surface area contributed by atoms with E-state index >= 15 is 0 Å². The molecule has 0 aliphatic rings. The van der Waals surface area contributed by atoms with Gasteiger partial charge in [-0.2, -0.15) is 0 Å². The molecule has 2 rings (SSSR count). The van der Waals surface area contributed by atoms with E-state index in [0.717, 1.165) is 10.8 Å². The zero-order valence-electron chi connectivity index (χ0n) is 11.1. The number of nitrogens with zero attached hydrogens (tertiary/aromatic N) is 1. The Bertz CT molecular complexity index is 576. The predicted octanol–water partition coefficient (Wildman–Crippen LogP) is 1.98. The first kappa shape index (κ1) is 13.5. The summed E-state index contributed by atoms with van der Waals surface area (Å²) in [5.41, 5.74) is 0.536. The Kier molecular flexibility index (Phi) is 4.12. The lowest BCUT2D eigenvalue weighted by atomic mass is 10.1. The second-order valence-corrected chi connectivity index (χ2v) is 4.93. The Morgan fingerprint density at radius 3 is 2.79 bits per heavy atom. The molecular formula is C15H18N2O2. The second kappa shape index (κ2) is 5.80. The number of hydrogen-bond acceptors (Lipinski definition) is 3. The molecule has 2 N–H and O–H groups in total. The quantitative estimate of drug-likeness (QED) is 0.881. The fourth-order valence-corrected chi connectivity index (χ4v) is 1.83. The van der Waals surface area contributed by atoms with Crippen LogP contribution in [0.25, 0.3) is 10.8 Å². The lowest BCUT2D eigenvalue weighted by Crippen LogP contribution is -2.34. The van der Waals surface area contributed by atoms with Gasteiger partial charge in [0.2, 0.25) is 0 Å². The molecule has 100 valence electrons.